The average Bonchev–Trinajstić information content (AvgIpc) is 2.88. The minimum absolute atomic E-state index is 0.102. The SMILES string of the molecule is O=C(O)[C@H]1CCC[C@@H]1C(=O)c1nccs1. The summed E-state index contributed by atoms with van der Waals surface area (Å²) in [6.07, 6.45) is 3.67. The van der Waals surface area contributed by atoms with Crippen LogP contribution in [0.15, 0.2) is 11.6 Å². The first-order chi connectivity index (χ1) is 7.20. The number of thiazole rings is 1. The highest BCUT2D eigenvalue weighted by molar-refractivity contribution is 7.11. The molecular weight excluding hydrogens is 214 g/mol. The molecule has 0 saturated heterocycles. The highest BCUT2D eigenvalue weighted by atomic mass is 32.1. The van der Waals surface area contributed by atoms with Gasteiger partial charge < -0.3 is 5.11 Å². The van der Waals surface area contributed by atoms with Crippen LogP contribution in [0.1, 0.15) is 29.1 Å². The Balaban J connectivity index is 2.17. The van der Waals surface area contributed by atoms with Crippen LogP contribution in [0.2, 0.25) is 0 Å². The number of Topliss-reactive ketones (excluding diaryl/α,β-unsaturated/α-hetero) is 1. The van der Waals surface area contributed by atoms with Gasteiger partial charge in [0.05, 0.1) is 5.92 Å². The van der Waals surface area contributed by atoms with Crippen molar-refractivity contribution in [2.24, 2.45) is 11.8 Å². The summed E-state index contributed by atoms with van der Waals surface area (Å²) in [6.45, 7) is 0. The third-order valence-corrected chi connectivity index (χ3v) is 3.60. The molecule has 0 aliphatic heterocycles. The van der Waals surface area contributed by atoms with Crippen LogP contribution in [0.25, 0.3) is 0 Å². The Morgan fingerprint density at radius 2 is 2.13 bits per heavy atom. The maximum absolute atomic E-state index is 11.9. The molecule has 1 aliphatic rings. The van der Waals surface area contributed by atoms with Crippen LogP contribution >= 0.6 is 11.3 Å². The van der Waals surface area contributed by atoms with Gasteiger partial charge in [0.15, 0.2) is 10.8 Å². The van der Waals surface area contributed by atoms with Gasteiger partial charge in [-0.25, -0.2) is 4.98 Å². The van der Waals surface area contributed by atoms with E-state index in [1.54, 1.807) is 11.6 Å². The van der Waals surface area contributed by atoms with Crippen molar-refractivity contribution in [1.29, 1.82) is 0 Å². The van der Waals surface area contributed by atoms with Crippen LogP contribution < -0.4 is 0 Å². The second-order valence-corrected chi connectivity index (χ2v) is 4.58. The van der Waals surface area contributed by atoms with Crippen molar-refractivity contribution in [3.63, 3.8) is 0 Å². The first-order valence-corrected chi connectivity index (χ1v) is 5.74. The third kappa shape index (κ3) is 1.92. The van der Waals surface area contributed by atoms with Crippen LogP contribution in [0.5, 0.6) is 0 Å². The van der Waals surface area contributed by atoms with E-state index in [9.17, 15) is 9.59 Å². The van der Waals surface area contributed by atoms with Crippen molar-refractivity contribution >= 4 is 23.1 Å². The highest BCUT2D eigenvalue weighted by Gasteiger charge is 2.38. The molecule has 0 bridgehead atoms. The Morgan fingerprint density at radius 3 is 2.73 bits per heavy atom. The molecule has 0 spiro atoms. The van der Waals surface area contributed by atoms with Gasteiger partial charge in [-0.2, -0.15) is 0 Å². The number of aliphatic carboxylic acids is 1. The van der Waals surface area contributed by atoms with Crippen molar-refractivity contribution in [2.45, 2.75) is 19.3 Å². The number of hydrogen-bond acceptors (Lipinski definition) is 4. The van der Waals surface area contributed by atoms with Crippen molar-refractivity contribution in [1.82, 2.24) is 4.98 Å². The summed E-state index contributed by atoms with van der Waals surface area (Å²) >= 11 is 1.28. The van der Waals surface area contributed by atoms with E-state index in [1.807, 2.05) is 0 Å². The molecule has 15 heavy (non-hydrogen) atoms. The molecule has 1 fully saturated rings. The number of nitrogens with zero attached hydrogens (tertiary/aromatic N) is 1. The smallest absolute Gasteiger partial charge is 0.307 e. The van der Waals surface area contributed by atoms with Gasteiger partial charge in [0.2, 0.25) is 0 Å². The molecule has 1 N–H and O–H groups in total. The number of rotatable bonds is 3. The third-order valence-electron chi connectivity index (χ3n) is 2.81. The van der Waals surface area contributed by atoms with Gasteiger partial charge in [0.1, 0.15) is 0 Å². The summed E-state index contributed by atoms with van der Waals surface area (Å²) in [5.41, 5.74) is 0. The molecule has 0 radical (unpaired) electrons. The predicted molar refractivity (Wildman–Crippen MR) is 54.9 cm³/mol. The van der Waals surface area contributed by atoms with Crippen LogP contribution in [0.3, 0.4) is 0 Å². The van der Waals surface area contributed by atoms with Gasteiger partial charge in [-0.3, -0.25) is 9.59 Å². The molecule has 1 aliphatic carbocycles. The van der Waals surface area contributed by atoms with E-state index in [1.165, 1.54) is 11.3 Å². The molecule has 1 aromatic rings. The fourth-order valence-electron chi connectivity index (χ4n) is 2.07. The lowest BCUT2D eigenvalue weighted by Gasteiger charge is -2.12. The second-order valence-electron chi connectivity index (χ2n) is 3.68. The molecule has 0 amide bonds. The van der Waals surface area contributed by atoms with Crippen LogP contribution in [0, 0.1) is 11.8 Å². The molecule has 2 atom stereocenters. The number of carboxylic acids is 1. The molecule has 5 heteroatoms. The maximum Gasteiger partial charge on any atom is 0.307 e. The quantitative estimate of drug-likeness (QED) is 0.797. The van der Waals surface area contributed by atoms with E-state index in [4.69, 9.17) is 5.11 Å². The lowest BCUT2D eigenvalue weighted by Crippen LogP contribution is -2.25. The summed E-state index contributed by atoms with van der Waals surface area (Å²) in [7, 11) is 0. The summed E-state index contributed by atoms with van der Waals surface area (Å²) in [6, 6.07) is 0. The molecule has 2 rings (SSSR count). The number of ketones is 1. The topological polar surface area (TPSA) is 67.3 Å². The van der Waals surface area contributed by atoms with Gasteiger partial charge in [0.25, 0.3) is 0 Å². The molecule has 1 saturated carbocycles. The Labute approximate surface area is 91.0 Å². The van der Waals surface area contributed by atoms with Crippen LogP contribution in [-0.4, -0.2) is 21.8 Å². The van der Waals surface area contributed by atoms with E-state index < -0.39 is 11.9 Å². The summed E-state index contributed by atoms with van der Waals surface area (Å²) in [4.78, 5) is 26.8. The minimum Gasteiger partial charge on any atom is -0.481 e. The maximum atomic E-state index is 11.9. The van der Waals surface area contributed by atoms with Crippen LogP contribution in [-0.2, 0) is 4.79 Å². The fraction of sp³-hybridized carbons (Fsp3) is 0.500. The van der Waals surface area contributed by atoms with Crippen molar-refractivity contribution in [2.75, 3.05) is 0 Å². The molecule has 0 unspecified atom stereocenters. The van der Waals surface area contributed by atoms with Crippen molar-refractivity contribution in [3.8, 4) is 0 Å². The molecule has 1 aromatic heterocycles. The van der Waals surface area contributed by atoms with E-state index in [0.717, 1.165) is 6.42 Å². The number of hydrogen-bond donors (Lipinski definition) is 1. The zero-order valence-corrected chi connectivity index (χ0v) is 8.87. The van der Waals surface area contributed by atoms with Crippen molar-refractivity contribution in [3.05, 3.63) is 16.6 Å². The number of carboxylic acid groups (broad SMARTS) is 1. The molecular formula is C10H11NO3S. The number of carbonyl (C=O) groups is 2. The predicted octanol–water partition coefficient (Wildman–Crippen LogP) is 1.83. The van der Waals surface area contributed by atoms with Crippen molar-refractivity contribution < 1.29 is 14.7 Å². The number of aromatic nitrogens is 1. The Kier molecular flexibility index (Phi) is 2.81. The monoisotopic (exact) mass is 225 g/mol. The molecule has 4 nitrogen and oxygen atoms in total. The Bertz CT molecular complexity index is 374. The first-order valence-electron chi connectivity index (χ1n) is 4.86. The minimum atomic E-state index is -0.859. The van der Waals surface area contributed by atoms with E-state index in [-0.39, 0.29) is 11.7 Å². The number of carbonyl (C=O) groups excluding carboxylic acids is 1. The van der Waals surface area contributed by atoms with E-state index in [2.05, 4.69) is 4.98 Å². The van der Waals surface area contributed by atoms with Crippen LogP contribution in [0.4, 0.5) is 0 Å². The van der Waals surface area contributed by atoms with Gasteiger partial charge in [-0.1, -0.05) is 6.42 Å². The zero-order valence-electron chi connectivity index (χ0n) is 8.05. The molecule has 80 valence electrons. The Hall–Kier alpha value is -1.23. The average molecular weight is 225 g/mol. The molecule has 1 heterocycles. The largest absolute Gasteiger partial charge is 0.481 e. The first kappa shape index (κ1) is 10.3. The molecule has 0 aromatic carbocycles. The van der Waals surface area contributed by atoms with E-state index in [0.29, 0.717) is 17.8 Å². The summed E-state index contributed by atoms with van der Waals surface area (Å²) in [5.74, 6) is -1.84. The second kappa shape index (κ2) is 4.10. The van der Waals surface area contributed by atoms with E-state index >= 15 is 0 Å². The summed E-state index contributed by atoms with van der Waals surface area (Å²) in [5, 5.41) is 11.1. The summed E-state index contributed by atoms with van der Waals surface area (Å²) < 4.78 is 0. The fourth-order valence-corrected chi connectivity index (χ4v) is 2.71. The Morgan fingerprint density at radius 1 is 1.40 bits per heavy atom. The highest BCUT2D eigenvalue weighted by Crippen LogP contribution is 2.34. The normalized spacial score (nSPS) is 25.3. The zero-order chi connectivity index (χ0) is 10.8. The van der Waals surface area contributed by atoms with Gasteiger partial charge in [-0.05, 0) is 12.8 Å². The van der Waals surface area contributed by atoms with Gasteiger partial charge in [0, 0.05) is 17.5 Å². The lowest BCUT2D eigenvalue weighted by molar-refractivity contribution is -0.142. The van der Waals surface area contributed by atoms with Gasteiger partial charge in [-0.15, -0.1) is 11.3 Å². The standard InChI is InChI=1S/C10H11NO3S/c12-8(9-11-4-5-15-9)6-2-1-3-7(6)10(13)14/h4-7H,1-3H2,(H,13,14)/t6-,7-/m0/s1. The lowest BCUT2D eigenvalue weighted by atomic mass is 9.92. The van der Waals surface area contributed by atoms with Gasteiger partial charge >= 0.3 is 5.97 Å².